The van der Waals surface area contributed by atoms with E-state index in [-0.39, 0.29) is 12.0 Å². The highest BCUT2D eigenvalue weighted by atomic mass is 19.1. The molecule has 1 atom stereocenters. The molecule has 0 aliphatic carbocycles. The molecule has 2 rings (SSSR count). The fourth-order valence-electron chi connectivity index (χ4n) is 2.52. The van der Waals surface area contributed by atoms with Crippen LogP contribution >= 0.6 is 0 Å². The molecule has 1 N–H and O–H groups in total. The van der Waals surface area contributed by atoms with E-state index in [1.165, 1.54) is 13.2 Å². The maximum absolute atomic E-state index is 13.7. The number of nitrogens with one attached hydrogen (secondary N) is 1. The molecule has 0 fully saturated rings. The lowest BCUT2D eigenvalue weighted by molar-refractivity contribution is -0.145. The lowest BCUT2D eigenvalue weighted by Crippen LogP contribution is -2.43. The summed E-state index contributed by atoms with van der Waals surface area (Å²) in [5, 5.41) is 2.49. The highest BCUT2D eigenvalue weighted by Gasteiger charge is 2.23. The smallest absolute Gasteiger partial charge is 0.328 e. The van der Waals surface area contributed by atoms with Crippen LogP contribution in [0.1, 0.15) is 16.7 Å². The summed E-state index contributed by atoms with van der Waals surface area (Å²) in [5.74, 6) is -2.89. The Labute approximate surface area is 144 Å². The standard InChI is InChI=1S/C19H19F2NO3/c1-12-5-3-6-13(9-12)10-17(19(24)25-2)22-18(23)11-14-15(20)7-4-8-16(14)21/h3-9,17H,10-11H2,1-2H3,(H,22,23)/t17-/m1/s1. The SMILES string of the molecule is COC(=O)[C@@H](Cc1cccc(C)c1)NC(=O)Cc1c(F)cccc1F. The maximum Gasteiger partial charge on any atom is 0.328 e. The predicted molar refractivity (Wildman–Crippen MR) is 88.9 cm³/mol. The third-order valence-corrected chi connectivity index (χ3v) is 3.74. The molecule has 4 nitrogen and oxygen atoms in total. The van der Waals surface area contributed by atoms with Crippen molar-refractivity contribution in [1.29, 1.82) is 0 Å². The second-order valence-electron chi connectivity index (χ2n) is 5.71. The van der Waals surface area contributed by atoms with Crippen molar-refractivity contribution < 1.29 is 23.1 Å². The molecule has 0 bridgehead atoms. The van der Waals surface area contributed by atoms with E-state index < -0.39 is 36.0 Å². The largest absolute Gasteiger partial charge is 0.467 e. The minimum atomic E-state index is -0.936. The van der Waals surface area contributed by atoms with E-state index in [9.17, 15) is 18.4 Å². The first-order valence-corrected chi connectivity index (χ1v) is 7.76. The van der Waals surface area contributed by atoms with Gasteiger partial charge in [0.2, 0.25) is 5.91 Å². The van der Waals surface area contributed by atoms with Crippen LogP contribution in [0.4, 0.5) is 8.78 Å². The Balaban J connectivity index is 2.11. The van der Waals surface area contributed by atoms with E-state index in [2.05, 4.69) is 5.32 Å². The van der Waals surface area contributed by atoms with Gasteiger partial charge in [-0.25, -0.2) is 13.6 Å². The highest BCUT2D eigenvalue weighted by molar-refractivity contribution is 5.85. The first kappa shape index (κ1) is 18.6. The van der Waals surface area contributed by atoms with Crippen LogP contribution in [0.5, 0.6) is 0 Å². The van der Waals surface area contributed by atoms with Gasteiger partial charge in [-0.15, -0.1) is 0 Å². The van der Waals surface area contributed by atoms with Crippen LogP contribution in [0.3, 0.4) is 0 Å². The Hall–Kier alpha value is -2.76. The summed E-state index contributed by atoms with van der Waals surface area (Å²) >= 11 is 0. The van der Waals surface area contributed by atoms with Crippen molar-refractivity contribution in [1.82, 2.24) is 5.32 Å². The number of carbonyl (C=O) groups is 2. The van der Waals surface area contributed by atoms with Gasteiger partial charge in [-0.2, -0.15) is 0 Å². The first-order valence-electron chi connectivity index (χ1n) is 7.76. The summed E-state index contributed by atoms with van der Waals surface area (Å²) < 4.78 is 32.0. The normalized spacial score (nSPS) is 11.7. The van der Waals surface area contributed by atoms with Gasteiger partial charge < -0.3 is 10.1 Å². The Bertz CT molecular complexity index is 757. The third-order valence-electron chi connectivity index (χ3n) is 3.74. The number of ether oxygens (including phenoxy) is 1. The molecule has 0 aliphatic rings. The summed E-state index contributed by atoms with van der Waals surface area (Å²) in [6, 6.07) is 9.91. The van der Waals surface area contributed by atoms with E-state index >= 15 is 0 Å². The van der Waals surface area contributed by atoms with Gasteiger partial charge in [0.25, 0.3) is 0 Å². The monoisotopic (exact) mass is 347 g/mol. The highest BCUT2D eigenvalue weighted by Crippen LogP contribution is 2.13. The second kappa shape index (κ2) is 8.37. The lowest BCUT2D eigenvalue weighted by Gasteiger charge is -2.17. The van der Waals surface area contributed by atoms with Gasteiger partial charge in [0.15, 0.2) is 0 Å². The summed E-state index contributed by atoms with van der Waals surface area (Å²) in [6.45, 7) is 1.91. The molecule has 0 unspecified atom stereocenters. The van der Waals surface area contributed by atoms with Crippen molar-refractivity contribution in [2.45, 2.75) is 25.8 Å². The number of rotatable bonds is 6. The van der Waals surface area contributed by atoms with Crippen LogP contribution in [0.15, 0.2) is 42.5 Å². The molecule has 132 valence electrons. The van der Waals surface area contributed by atoms with Gasteiger partial charge in [0.05, 0.1) is 13.5 Å². The minimum absolute atomic E-state index is 0.222. The summed E-state index contributed by atoms with van der Waals surface area (Å²) in [6.07, 6.45) is -0.278. The van der Waals surface area contributed by atoms with Gasteiger partial charge in [-0.05, 0) is 24.6 Å². The molecule has 0 saturated heterocycles. The van der Waals surface area contributed by atoms with E-state index in [4.69, 9.17) is 4.74 Å². The molecule has 0 aliphatic heterocycles. The van der Waals surface area contributed by atoms with Crippen LogP contribution in [0, 0.1) is 18.6 Å². The Morgan fingerprint density at radius 3 is 2.36 bits per heavy atom. The topological polar surface area (TPSA) is 55.4 Å². The Morgan fingerprint density at radius 2 is 1.76 bits per heavy atom. The summed E-state index contributed by atoms with van der Waals surface area (Å²) in [5.41, 5.74) is 1.52. The molecule has 25 heavy (non-hydrogen) atoms. The van der Waals surface area contributed by atoms with Crippen LogP contribution in [0.2, 0.25) is 0 Å². The van der Waals surface area contributed by atoms with Gasteiger partial charge in [0.1, 0.15) is 17.7 Å². The van der Waals surface area contributed by atoms with E-state index in [0.717, 1.165) is 23.3 Å². The summed E-state index contributed by atoms with van der Waals surface area (Å²) in [4.78, 5) is 24.1. The number of halogens is 2. The molecule has 2 aromatic rings. The van der Waals surface area contributed by atoms with Gasteiger partial charge >= 0.3 is 5.97 Å². The quantitative estimate of drug-likeness (QED) is 0.818. The number of benzene rings is 2. The molecule has 0 aromatic heterocycles. The minimum Gasteiger partial charge on any atom is -0.467 e. The maximum atomic E-state index is 13.7. The number of amides is 1. The predicted octanol–water partition coefficient (Wildman–Crippen LogP) is 2.72. The lowest BCUT2D eigenvalue weighted by atomic mass is 10.0. The number of aryl methyl sites for hydroxylation is 1. The second-order valence-corrected chi connectivity index (χ2v) is 5.71. The number of hydrogen-bond acceptors (Lipinski definition) is 3. The fourth-order valence-corrected chi connectivity index (χ4v) is 2.52. The average Bonchev–Trinajstić information content (AvgIpc) is 2.57. The number of carbonyl (C=O) groups excluding carboxylic acids is 2. The van der Waals surface area contributed by atoms with Gasteiger partial charge in [0, 0.05) is 12.0 Å². The zero-order valence-corrected chi connectivity index (χ0v) is 14.0. The number of hydrogen-bond donors (Lipinski definition) is 1. The molecule has 2 aromatic carbocycles. The molecule has 6 heteroatoms. The van der Waals surface area contributed by atoms with E-state index in [1.54, 1.807) is 0 Å². The van der Waals surface area contributed by atoms with Crippen molar-refractivity contribution in [2.75, 3.05) is 7.11 Å². The van der Waals surface area contributed by atoms with Crippen molar-refractivity contribution in [2.24, 2.45) is 0 Å². The van der Waals surface area contributed by atoms with Crippen molar-refractivity contribution >= 4 is 11.9 Å². The van der Waals surface area contributed by atoms with Crippen molar-refractivity contribution in [3.63, 3.8) is 0 Å². The molecule has 0 spiro atoms. The van der Waals surface area contributed by atoms with E-state index in [0.29, 0.717) is 0 Å². The zero-order chi connectivity index (χ0) is 18.4. The number of esters is 1. The van der Waals surface area contributed by atoms with Gasteiger partial charge in [-0.1, -0.05) is 35.9 Å². The molecule has 0 heterocycles. The van der Waals surface area contributed by atoms with Crippen LogP contribution in [-0.2, 0) is 27.2 Å². The molecule has 0 radical (unpaired) electrons. The first-order chi connectivity index (χ1) is 11.9. The van der Waals surface area contributed by atoms with Crippen LogP contribution in [0.25, 0.3) is 0 Å². The molecular formula is C19H19F2NO3. The van der Waals surface area contributed by atoms with Crippen molar-refractivity contribution in [3.8, 4) is 0 Å². The molecule has 1 amide bonds. The molecule has 0 saturated carbocycles. The Morgan fingerprint density at radius 1 is 1.12 bits per heavy atom. The number of methoxy groups -OCH3 is 1. The fraction of sp³-hybridized carbons (Fsp3) is 0.263. The summed E-state index contributed by atoms with van der Waals surface area (Å²) in [7, 11) is 1.22. The van der Waals surface area contributed by atoms with Crippen molar-refractivity contribution in [3.05, 3.63) is 70.8 Å². The zero-order valence-electron chi connectivity index (χ0n) is 14.0. The van der Waals surface area contributed by atoms with Crippen LogP contribution < -0.4 is 5.32 Å². The Kier molecular flexibility index (Phi) is 6.22. The third kappa shape index (κ3) is 5.11. The molecular weight excluding hydrogens is 328 g/mol. The van der Waals surface area contributed by atoms with Crippen LogP contribution in [-0.4, -0.2) is 25.0 Å². The van der Waals surface area contributed by atoms with Gasteiger partial charge in [-0.3, -0.25) is 4.79 Å². The van der Waals surface area contributed by atoms with E-state index in [1.807, 2.05) is 31.2 Å². The average molecular weight is 347 g/mol.